The monoisotopic (exact) mass is 599 g/mol. The maximum atomic E-state index is 13.7. The Kier molecular flexibility index (Phi) is 7.77. The lowest BCUT2D eigenvalue weighted by atomic mass is 10.0. The molecule has 3 aromatic rings. The molecule has 0 radical (unpaired) electrons. The maximum Gasteiger partial charge on any atom is 0.276 e. The lowest BCUT2D eigenvalue weighted by Gasteiger charge is -2.38. The van der Waals surface area contributed by atoms with Crippen LogP contribution in [0.5, 0.6) is 11.5 Å². The number of halogens is 2. The van der Waals surface area contributed by atoms with Crippen LogP contribution in [0.1, 0.15) is 39.4 Å². The van der Waals surface area contributed by atoms with Crippen LogP contribution >= 0.6 is 31.9 Å². The van der Waals surface area contributed by atoms with Crippen LogP contribution in [0.15, 0.2) is 82.3 Å². The number of fused-ring (bicyclic) bond motifs is 1. The number of anilines is 1. The lowest BCUT2D eigenvalue weighted by molar-refractivity contribution is 0.0486. The van der Waals surface area contributed by atoms with Crippen LogP contribution in [0.2, 0.25) is 0 Å². The molecule has 0 saturated heterocycles. The standard InChI is InChI=1S/C26H23Br2N3O4/c1-3-13-35-23-12-10-17(28)15-20(23)24-29-21-11-9-16(27)14-19(21)26(33)31(24)30-25(32)18-7-5-6-8-22(18)34-4-2/h3,5-12,14-15,24,29H,1,4,13H2,2H3,(H,30,32)/t24-/m0/s1. The van der Waals surface area contributed by atoms with E-state index >= 15 is 0 Å². The van der Waals surface area contributed by atoms with Gasteiger partial charge in [-0.05, 0) is 55.5 Å². The molecule has 0 bridgehead atoms. The lowest BCUT2D eigenvalue weighted by Crippen LogP contribution is -2.53. The van der Waals surface area contributed by atoms with Crippen LogP contribution in [-0.2, 0) is 0 Å². The minimum Gasteiger partial charge on any atom is -0.493 e. The summed E-state index contributed by atoms with van der Waals surface area (Å²) in [6.45, 7) is 6.24. The highest BCUT2D eigenvalue weighted by molar-refractivity contribution is 9.10. The Balaban J connectivity index is 1.78. The zero-order chi connectivity index (χ0) is 24.9. The Hall–Kier alpha value is -3.30. The highest BCUT2D eigenvalue weighted by atomic mass is 79.9. The summed E-state index contributed by atoms with van der Waals surface area (Å²) in [6, 6.07) is 17.8. The van der Waals surface area contributed by atoms with Crippen molar-refractivity contribution in [3.63, 3.8) is 0 Å². The molecule has 7 nitrogen and oxygen atoms in total. The zero-order valence-electron chi connectivity index (χ0n) is 18.9. The average molecular weight is 601 g/mol. The number of hydrogen-bond acceptors (Lipinski definition) is 5. The molecule has 3 aromatic carbocycles. The number of para-hydroxylation sites is 1. The smallest absolute Gasteiger partial charge is 0.276 e. The summed E-state index contributed by atoms with van der Waals surface area (Å²) in [4.78, 5) is 27.0. The van der Waals surface area contributed by atoms with E-state index in [1.165, 1.54) is 5.01 Å². The summed E-state index contributed by atoms with van der Waals surface area (Å²) < 4.78 is 13.0. The summed E-state index contributed by atoms with van der Waals surface area (Å²) >= 11 is 6.93. The molecule has 35 heavy (non-hydrogen) atoms. The van der Waals surface area contributed by atoms with Gasteiger partial charge in [-0.1, -0.05) is 56.6 Å². The molecule has 9 heteroatoms. The molecule has 2 amide bonds. The van der Waals surface area contributed by atoms with Gasteiger partial charge >= 0.3 is 0 Å². The van der Waals surface area contributed by atoms with Crippen LogP contribution in [0, 0.1) is 0 Å². The number of nitrogens with zero attached hydrogens (tertiary/aromatic N) is 1. The molecule has 0 aliphatic carbocycles. The van der Waals surface area contributed by atoms with Crippen molar-refractivity contribution in [2.45, 2.75) is 13.1 Å². The number of carbonyl (C=O) groups is 2. The molecule has 1 atom stereocenters. The molecule has 180 valence electrons. The van der Waals surface area contributed by atoms with Gasteiger partial charge in [0.1, 0.15) is 18.1 Å². The number of benzene rings is 3. The van der Waals surface area contributed by atoms with E-state index in [1.54, 1.807) is 42.5 Å². The van der Waals surface area contributed by atoms with Crippen LogP contribution < -0.4 is 20.2 Å². The first kappa shape index (κ1) is 24.8. The minimum atomic E-state index is -0.753. The molecule has 0 fully saturated rings. The van der Waals surface area contributed by atoms with Gasteiger partial charge in [-0.3, -0.25) is 15.0 Å². The second-order valence-electron chi connectivity index (χ2n) is 7.56. The van der Waals surface area contributed by atoms with Crippen molar-refractivity contribution >= 4 is 49.4 Å². The van der Waals surface area contributed by atoms with Gasteiger partial charge in [-0.25, -0.2) is 5.01 Å². The highest BCUT2D eigenvalue weighted by Gasteiger charge is 2.36. The zero-order valence-corrected chi connectivity index (χ0v) is 22.1. The van der Waals surface area contributed by atoms with Gasteiger partial charge in [0.25, 0.3) is 11.8 Å². The van der Waals surface area contributed by atoms with Crippen LogP contribution in [-0.4, -0.2) is 30.0 Å². The predicted octanol–water partition coefficient (Wildman–Crippen LogP) is 6.09. The van der Waals surface area contributed by atoms with Crippen molar-refractivity contribution in [2.75, 3.05) is 18.5 Å². The highest BCUT2D eigenvalue weighted by Crippen LogP contribution is 2.38. The summed E-state index contributed by atoms with van der Waals surface area (Å²) in [6.07, 6.45) is 0.888. The van der Waals surface area contributed by atoms with Crippen LogP contribution in [0.3, 0.4) is 0 Å². The molecular formula is C26H23Br2N3O4. The first-order chi connectivity index (χ1) is 16.9. The van der Waals surface area contributed by atoms with E-state index in [9.17, 15) is 9.59 Å². The van der Waals surface area contributed by atoms with E-state index in [4.69, 9.17) is 9.47 Å². The summed E-state index contributed by atoms with van der Waals surface area (Å²) in [5, 5.41) is 4.65. The molecule has 4 rings (SSSR count). The van der Waals surface area contributed by atoms with Crippen molar-refractivity contribution < 1.29 is 19.1 Å². The van der Waals surface area contributed by atoms with E-state index < -0.39 is 12.1 Å². The van der Waals surface area contributed by atoms with Crippen LogP contribution in [0.4, 0.5) is 5.69 Å². The van der Waals surface area contributed by atoms with Crippen molar-refractivity contribution in [2.24, 2.45) is 0 Å². The third-order valence-electron chi connectivity index (χ3n) is 5.26. The van der Waals surface area contributed by atoms with Gasteiger partial charge in [0.2, 0.25) is 0 Å². The van der Waals surface area contributed by atoms with Crippen molar-refractivity contribution in [3.05, 3.63) is 99.0 Å². The van der Waals surface area contributed by atoms with Gasteiger partial charge in [0.05, 0.1) is 17.7 Å². The van der Waals surface area contributed by atoms with Gasteiger partial charge in [0, 0.05) is 20.2 Å². The fourth-order valence-electron chi connectivity index (χ4n) is 3.73. The van der Waals surface area contributed by atoms with Gasteiger partial charge in [-0.15, -0.1) is 0 Å². The number of amides is 2. The number of hydrogen-bond donors (Lipinski definition) is 2. The Morgan fingerprint density at radius 2 is 1.83 bits per heavy atom. The van der Waals surface area contributed by atoms with Crippen LogP contribution in [0.25, 0.3) is 0 Å². The van der Waals surface area contributed by atoms with Gasteiger partial charge in [0.15, 0.2) is 6.17 Å². The Labute approximate surface area is 220 Å². The maximum absolute atomic E-state index is 13.7. The molecule has 0 unspecified atom stereocenters. The number of nitrogens with one attached hydrogen (secondary N) is 2. The first-order valence-corrected chi connectivity index (χ1v) is 12.5. The van der Waals surface area contributed by atoms with E-state index in [-0.39, 0.29) is 12.5 Å². The van der Waals surface area contributed by atoms with Crippen molar-refractivity contribution in [1.29, 1.82) is 0 Å². The SMILES string of the molecule is C=CCOc1ccc(Br)cc1[C@H]1Nc2ccc(Br)cc2C(=O)N1NC(=O)c1ccccc1OCC. The Morgan fingerprint density at radius 3 is 2.60 bits per heavy atom. The fourth-order valence-corrected chi connectivity index (χ4v) is 4.47. The summed E-state index contributed by atoms with van der Waals surface area (Å²) in [5.74, 6) is 0.133. The molecule has 1 heterocycles. The third-order valence-corrected chi connectivity index (χ3v) is 6.24. The summed E-state index contributed by atoms with van der Waals surface area (Å²) in [7, 11) is 0. The first-order valence-electron chi connectivity index (χ1n) is 10.9. The largest absolute Gasteiger partial charge is 0.493 e. The van der Waals surface area contributed by atoms with Crippen molar-refractivity contribution in [3.8, 4) is 11.5 Å². The minimum absolute atomic E-state index is 0.285. The Morgan fingerprint density at radius 1 is 1.09 bits per heavy atom. The van der Waals surface area contributed by atoms with E-state index in [0.717, 1.165) is 8.95 Å². The number of carbonyl (C=O) groups excluding carboxylic acids is 2. The second-order valence-corrected chi connectivity index (χ2v) is 9.40. The molecule has 1 aliphatic heterocycles. The number of ether oxygens (including phenoxy) is 2. The molecular weight excluding hydrogens is 578 g/mol. The predicted molar refractivity (Wildman–Crippen MR) is 142 cm³/mol. The quantitative estimate of drug-likeness (QED) is 0.306. The molecule has 0 saturated carbocycles. The summed E-state index contributed by atoms with van der Waals surface area (Å²) in [5.41, 5.74) is 4.82. The van der Waals surface area contributed by atoms with E-state index in [0.29, 0.717) is 40.5 Å². The third kappa shape index (κ3) is 5.36. The number of rotatable bonds is 8. The molecule has 0 spiro atoms. The second kappa shape index (κ2) is 11.0. The fraction of sp³-hybridized carbons (Fsp3) is 0.154. The normalized spacial score (nSPS) is 14.5. The van der Waals surface area contributed by atoms with Gasteiger partial charge < -0.3 is 14.8 Å². The molecule has 1 aliphatic rings. The average Bonchev–Trinajstić information content (AvgIpc) is 2.85. The Bertz CT molecular complexity index is 1280. The van der Waals surface area contributed by atoms with Gasteiger partial charge in [-0.2, -0.15) is 0 Å². The molecule has 0 aromatic heterocycles. The molecule has 2 N–H and O–H groups in total. The number of hydrazine groups is 1. The topological polar surface area (TPSA) is 79.9 Å². The van der Waals surface area contributed by atoms with Crippen molar-refractivity contribution in [1.82, 2.24) is 10.4 Å². The van der Waals surface area contributed by atoms with E-state index in [2.05, 4.69) is 49.2 Å². The van der Waals surface area contributed by atoms with E-state index in [1.807, 2.05) is 31.2 Å².